The number of carbonyl (C=O) groups excluding carboxylic acids is 4. The minimum Gasteiger partial charge on any atom is -0.292 e. The van der Waals surface area contributed by atoms with Crippen LogP contribution in [0.4, 0.5) is 5.69 Å². The number of hydrazine groups is 1. The molecular formula is C25H23N3O6. The minimum atomic E-state index is -1.14. The van der Waals surface area contributed by atoms with E-state index in [1.54, 1.807) is 30.3 Å². The molecular weight excluding hydrogens is 438 g/mol. The van der Waals surface area contributed by atoms with E-state index in [1.807, 2.05) is 0 Å². The Morgan fingerprint density at radius 2 is 1.50 bits per heavy atom. The fourth-order valence-corrected chi connectivity index (χ4v) is 5.86. The van der Waals surface area contributed by atoms with Crippen molar-refractivity contribution >= 4 is 29.2 Å². The van der Waals surface area contributed by atoms with E-state index in [0.29, 0.717) is 5.56 Å². The summed E-state index contributed by atoms with van der Waals surface area (Å²) in [5.41, 5.74) is 0.186. The van der Waals surface area contributed by atoms with Gasteiger partial charge in [-0.05, 0) is 50.2 Å². The number of nitro benzene ring substituents is 1. The Balaban J connectivity index is 1.54. The third-order valence-corrected chi connectivity index (χ3v) is 7.46. The van der Waals surface area contributed by atoms with Crippen LogP contribution < -0.4 is 0 Å². The fourth-order valence-electron chi connectivity index (χ4n) is 5.86. The number of non-ortho nitro benzene ring substituents is 1. The summed E-state index contributed by atoms with van der Waals surface area (Å²) >= 11 is 0. The highest BCUT2D eigenvalue weighted by Crippen LogP contribution is 2.56. The van der Waals surface area contributed by atoms with Crippen molar-refractivity contribution in [3.8, 4) is 0 Å². The molecule has 0 unspecified atom stereocenters. The number of carbonyl (C=O) groups is 4. The second-order valence-electron chi connectivity index (χ2n) is 9.23. The molecule has 9 heteroatoms. The number of nitro groups is 1. The molecule has 3 amide bonds. The van der Waals surface area contributed by atoms with Gasteiger partial charge in [-0.1, -0.05) is 30.3 Å². The number of benzene rings is 2. The van der Waals surface area contributed by atoms with Crippen LogP contribution in [0.1, 0.15) is 46.9 Å². The molecule has 34 heavy (non-hydrogen) atoms. The number of imide groups is 1. The van der Waals surface area contributed by atoms with Crippen LogP contribution in [0.5, 0.6) is 0 Å². The van der Waals surface area contributed by atoms with Gasteiger partial charge >= 0.3 is 0 Å². The monoisotopic (exact) mass is 461 g/mol. The van der Waals surface area contributed by atoms with Crippen molar-refractivity contribution < 1.29 is 24.1 Å². The number of Topliss-reactive ketones (excluding diaryl/α,β-unsaturated/α-hetero) is 1. The van der Waals surface area contributed by atoms with Gasteiger partial charge in [-0.15, -0.1) is 0 Å². The van der Waals surface area contributed by atoms with Gasteiger partial charge in [-0.2, -0.15) is 5.01 Å². The highest BCUT2D eigenvalue weighted by molar-refractivity contribution is 6.10. The molecule has 2 aromatic rings. The Bertz CT molecular complexity index is 1170. The lowest BCUT2D eigenvalue weighted by molar-refractivity contribution is -0.384. The summed E-state index contributed by atoms with van der Waals surface area (Å²) in [4.78, 5) is 64.3. The standard InChI is InChI=1S/C25H23N3O6/c1-14(22(29)15-5-3-2-4-6-15)26(23(30)16-9-11-19(12-10-16)28(33)34)27-24(31)20-17-7-8-18(13-17)21(20)25(27)32/h2-6,9-12,14,17-18,20-21H,7-8,13H2,1H3/t14-,17+,18+,20-,21-/m1/s1. The Labute approximate surface area is 195 Å². The lowest BCUT2D eigenvalue weighted by Crippen LogP contribution is -2.56. The predicted octanol–water partition coefficient (Wildman–Crippen LogP) is 3.25. The van der Waals surface area contributed by atoms with Crippen molar-refractivity contribution in [2.24, 2.45) is 23.7 Å². The number of rotatable bonds is 6. The number of ketones is 1. The summed E-state index contributed by atoms with van der Waals surface area (Å²) in [6, 6.07) is 12.1. The Kier molecular flexibility index (Phi) is 5.27. The molecule has 0 spiro atoms. The molecule has 0 radical (unpaired) electrons. The van der Waals surface area contributed by atoms with Crippen LogP contribution >= 0.6 is 0 Å². The van der Waals surface area contributed by atoms with Crippen LogP contribution in [0.2, 0.25) is 0 Å². The van der Waals surface area contributed by atoms with Crippen LogP contribution in [0.3, 0.4) is 0 Å². The van der Waals surface area contributed by atoms with Gasteiger partial charge in [0.1, 0.15) is 6.04 Å². The lowest BCUT2D eigenvalue weighted by Gasteiger charge is -2.35. The summed E-state index contributed by atoms with van der Waals surface area (Å²) in [6.45, 7) is 1.49. The molecule has 9 nitrogen and oxygen atoms in total. The molecule has 3 fully saturated rings. The quantitative estimate of drug-likeness (QED) is 0.282. The van der Waals surface area contributed by atoms with Gasteiger partial charge in [0.05, 0.1) is 16.8 Å². The SMILES string of the molecule is C[C@H](C(=O)c1ccccc1)N(C(=O)c1ccc([N+](=O)[O-])cc1)N1C(=O)[C@@H]2[C@H]3CC[C@@H](C3)[C@H]2C1=O. The number of fused-ring (bicyclic) bond motifs is 5. The summed E-state index contributed by atoms with van der Waals surface area (Å²) in [5.74, 6) is -2.72. The molecule has 0 aromatic heterocycles. The largest absolute Gasteiger partial charge is 0.292 e. The molecule has 5 atom stereocenters. The first kappa shape index (κ1) is 21.9. The van der Waals surface area contributed by atoms with Crippen LogP contribution in [0, 0.1) is 33.8 Å². The average molecular weight is 461 g/mol. The van der Waals surface area contributed by atoms with Crippen LogP contribution in [-0.2, 0) is 9.59 Å². The van der Waals surface area contributed by atoms with Crippen molar-refractivity contribution in [2.45, 2.75) is 32.2 Å². The molecule has 174 valence electrons. The summed E-state index contributed by atoms with van der Waals surface area (Å²) in [6.07, 6.45) is 2.61. The Hall–Kier alpha value is -3.88. The molecule has 2 aliphatic carbocycles. The average Bonchev–Trinajstić information content (AvgIpc) is 3.54. The van der Waals surface area contributed by atoms with E-state index in [2.05, 4.69) is 0 Å². The predicted molar refractivity (Wildman–Crippen MR) is 119 cm³/mol. The molecule has 2 saturated carbocycles. The van der Waals surface area contributed by atoms with E-state index in [1.165, 1.54) is 31.2 Å². The van der Waals surface area contributed by atoms with Gasteiger partial charge in [0, 0.05) is 23.3 Å². The maximum Gasteiger partial charge on any atom is 0.273 e. The molecule has 1 saturated heterocycles. The molecule has 1 aliphatic heterocycles. The molecule has 3 aliphatic rings. The van der Waals surface area contributed by atoms with Crippen LogP contribution in [0.15, 0.2) is 54.6 Å². The highest BCUT2D eigenvalue weighted by Gasteiger charge is 2.63. The van der Waals surface area contributed by atoms with E-state index in [4.69, 9.17) is 0 Å². The molecule has 5 rings (SSSR count). The van der Waals surface area contributed by atoms with Gasteiger partial charge < -0.3 is 0 Å². The molecule has 1 heterocycles. The zero-order valence-electron chi connectivity index (χ0n) is 18.5. The van der Waals surface area contributed by atoms with Gasteiger partial charge in [0.15, 0.2) is 5.78 Å². The molecule has 2 bridgehead atoms. The maximum absolute atomic E-state index is 13.6. The summed E-state index contributed by atoms with van der Waals surface area (Å²) in [5, 5.41) is 12.9. The van der Waals surface area contributed by atoms with Gasteiger partial charge in [-0.3, -0.25) is 29.3 Å². The van der Waals surface area contributed by atoms with Gasteiger partial charge in [0.2, 0.25) is 0 Å². The van der Waals surface area contributed by atoms with Gasteiger partial charge in [0.25, 0.3) is 23.4 Å². The third-order valence-electron chi connectivity index (χ3n) is 7.46. The first-order valence-electron chi connectivity index (χ1n) is 11.3. The van der Waals surface area contributed by atoms with E-state index >= 15 is 0 Å². The second kappa shape index (κ2) is 8.16. The first-order valence-corrected chi connectivity index (χ1v) is 11.3. The smallest absolute Gasteiger partial charge is 0.273 e. The normalized spacial score (nSPS) is 25.9. The van der Waals surface area contributed by atoms with Crippen molar-refractivity contribution in [1.82, 2.24) is 10.0 Å². The van der Waals surface area contributed by atoms with Crippen molar-refractivity contribution in [2.75, 3.05) is 0 Å². The lowest BCUT2D eigenvalue weighted by atomic mass is 9.81. The summed E-state index contributed by atoms with van der Waals surface area (Å²) < 4.78 is 0. The van der Waals surface area contributed by atoms with E-state index in [0.717, 1.165) is 29.3 Å². The first-order chi connectivity index (χ1) is 16.3. The van der Waals surface area contributed by atoms with Crippen LogP contribution in [0.25, 0.3) is 0 Å². The second-order valence-corrected chi connectivity index (χ2v) is 9.23. The summed E-state index contributed by atoms with van der Waals surface area (Å²) in [7, 11) is 0. The fraction of sp³-hybridized carbons (Fsp3) is 0.360. The van der Waals surface area contributed by atoms with Crippen LogP contribution in [-0.4, -0.2) is 44.5 Å². The highest BCUT2D eigenvalue weighted by atomic mass is 16.6. The van der Waals surface area contributed by atoms with Crippen molar-refractivity contribution in [1.29, 1.82) is 0 Å². The minimum absolute atomic E-state index is 0.0407. The van der Waals surface area contributed by atoms with E-state index < -0.39 is 46.3 Å². The van der Waals surface area contributed by atoms with Crippen molar-refractivity contribution in [3.05, 3.63) is 75.8 Å². The zero-order valence-corrected chi connectivity index (χ0v) is 18.5. The topological polar surface area (TPSA) is 118 Å². The number of hydrogen-bond donors (Lipinski definition) is 0. The maximum atomic E-state index is 13.6. The molecule has 2 aromatic carbocycles. The van der Waals surface area contributed by atoms with E-state index in [-0.39, 0.29) is 23.1 Å². The van der Waals surface area contributed by atoms with Crippen molar-refractivity contribution in [3.63, 3.8) is 0 Å². The number of nitrogens with zero attached hydrogens (tertiary/aromatic N) is 3. The Morgan fingerprint density at radius 1 is 0.941 bits per heavy atom. The number of hydrogen-bond acceptors (Lipinski definition) is 6. The zero-order chi connectivity index (χ0) is 24.1. The Morgan fingerprint density at radius 3 is 2.03 bits per heavy atom. The third kappa shape index (κ3) is 3.30. The van der Waals surface area contributed by atoms with Gasteiger partial charge in [-0.25, -0.2) is 5.01 Å². The molecule has 0 N–H and O–H groups in total. The number of amides is 3. The van der Waals surface area contributed by atoms with E-state index in [9.17, 15) is 29.3 Å².